The lowest BCUT2D eigenvalue weighted by Gasteiger charge is -2.49. The number of nitrogens with one attached hydrogen (secondary N) is 1. The van der Waals surface area contributed by atoms with Crippen molar-refractivity contribution in [1.82, 2.24) is 10.2 Å². The highest BCUT2D eigenvalue weighted by Gasteiger charge is 2.38. The fourth-order valence-electron chi connectivity index (χ4n) is 3.05. The van der Waals surface area contributed by atoms with E-state index in [1.807, 2.05) is 11.3 Å². The fraction of sp³-hybridized carbons (Fsp3) is 0.733. The molecule has 1 aromatic heterocycles. The Morgan fingerprint density at radius 3 is 2.68 bits per heavy atom. The van der Waals surface area contributed by atoms with E-state index in [1.54, 1.807) is 0 Å². The van der Waals surface area contributed by atoms with E-state index in [4.69, 9.17) is 0 Å². The second kappa shape index (κ2) is 6.70. The maximum Gasteiger partial charge on any atom is 0.0335 e. The summed E-state index contributed by atoms with van der Waals surface area (Å²) in [6.07, 6.45) is 3.66. The van der Waals surface area contributed by atoms with Crippen LogP contribution in [0.2, 0.25) is 0 Å². The molecule has 1 atom stereocenters. The van der Waals surface area contributed by atoms with Crippen LogP contribution in [0.3, 0.4) is 0 Å². The normalized spacial score (nSPS) is 23.7. The van der Waals surface area contributed by atoms with Gasteiger partial charge in [0.1, 0.15) is 0 Å². The average Bonchev–Trinajstić information content (AvgIpc) is 2.84. The second-order valence-corrected chi connectivity index (χ2v) is 7.44. The van der Waals surface area contributed by atoms with Crippen molar-refractivity contribution in [3.63, 3.8) is 0 Å². The lowest BCUT2D eigenvalue weighted by Crippen LogP contribution is -2.63. The maximum absolute atomic E-state index is 3.73. The summed E-state index contributed by atoms with van der Waals surface area (Å²) in [5, 5.41) is 5.92. The molecule has 0 amide bonds. The molecule has 1 fully saturated rings. The van der Waals surface area contributed by atoms with Gasteiger partial charge in [-0.25, -0.2) is 0 Å². The van der Waals surface area contributed by atoms with Crippen LogP contribution in [0.5, 0.6) is 0 Å². The first-order chi connectivity index (χ1) is 9.13. The topological polar surface area (TPSA) is 15.3 Å². The first-order valence-electron chi connectivity index (χ1n) is 7.35. The number of thiophene rings is 1. The first-order valence-corrected chi connectivity index (χ1v) is 9.02. The van der Waals surface area contributed by atoms with Crippen LogP contribution in [0, 0.1) is 0 Å². The number of hydrogen-bond donors (Lipinski definition) is 1. The highest BCUT2D eigenvalue weighted by atomic mass is 79.9. The Morgan fingerprint density at radius 1 is 1.42 bits per heavy atom. The van der Waals surface area contributed by atoms with Crippen molar-refractivity contribution in [2.45, 2.75) is 58.2 Å². The van der Waals surface area contributed by atoms with E-state index >= 15 is 0 Å². The smallest absolute Gasteiger partial charge is 0.0335 e. The van der Waals surface area contributed by atoms with Crippen molar-refractivity contribution in [1.29, 1.82) is 0 Å². The van der Waals surface area contributed by atoms with E-state index in [-0.39, 0.29) is 0 Å². The van der Waals surface area contributed by atoms with E-state index in [0.717, 1.165) is 13.1 Å². The van der Waals surface area contributed by atoms with E-state index in [0.29, 0.717) is 11.6 Å². The Balaban J connectivity index is 2.15. The molecule has 0 aromatic carbocycles. The number of nitrogens with zero attached hydrogens (tertiary/aromatic N) is 1. The molecular formula is C15H25BrN2S. The van der Waals surface area contributed by atoms with Crippen LogP contribution in [-0.4, -0.2) is 29.6 Å². The van der Waals surface area contributed by atoms with E-state index in [9.17, 15) is 0 Å². The lowest BCUT2D eigenvalue weighted by atomic mass is 9.86. The Kier molecular flexibility index (Phi) is 5.46. The number of piperazine rings is 1. The van der Waals surface area contributed by atoms with Crippen LogP contribution in [0.1, 0.15) is 44.9 Å². The summed E-state index contributed by atoms with van der Waals surface area (Å²) in [5.74, 6) is 0. The molecule has 1 unspecified atom stereocenters. The minimum atomic E-state index is 0.335. The van der Waals surface area contributed by atoms with Gasteiger partial charge in [0, 0.05) is 45.9 Å². The van der Waals surface area contributed by atoms with Gasteiger partial charge in [0.05, 0.1) is 0 Å². The molecule has 1 N–H and O–H groups in total. The summed E-state index contributed by atoms with van der Waals surface area (Å²) in [6.45, 7) is 10.3. The Hall–Kier alpha value is 0.1000. The van der Waals surface area contributed by atoms with Crippen molar-refractivity contribution in [2.24, 2.45) is 0 Å². The molecule has 2 nitrogen and oxygen atoms in total. The molecule has 108 valence electrons. The van der Waals surface area contributed by atoms with Gasteiger partial charge in [-0.05, 0) is 41.3 Å². The molecule has 19 heavy (non-hydrogen) atoms. The molecule has 4 heteroatoms. The van der Waals surface area contributed by atoms with Gasteiger partial charge in [-0.2, -0.15) is 0 Å². The Morgan fingerprint density at radius 2 is 2.16 bits per heavy atom. The van der Waals surface area contributed by atoms with Crippen LogP contribution in [-0.2, 0) is 6.54 Å². The fourth-order valence-corrected chi connectivity index (χ4v) is 4.51. The van der Waals surface area contributed by atoms with E-state index in [1.165, 1.54) is 35.2 Å². The summed E-state index contributed by atoms with van der Waals surface area (Å²) in [5.41, 5.74) is 0.335. The molecule has 0 saturated carbocycles. The van der Waals surface area contributed by atoms with Crippen LogP contribution in [0.25, 0.3) is 0 Å². The van der Waals surface area contributed by atoms with E-state index < -0.39 is 0 Å². The molecule has 1 saturated heterocycles. The van der Waals surface area contributed by atoms with Gasteiger partial charge >= 0.3 is 0 Å². The zero-order valence-electron chi connectivity index (χ0n) is 12.2. The predicted octanol–water partition coefficient (Wildman–Crippen LogP) is 4.25. The van der Waals surface area contributed by atoms with Crippen molar-refractivity contribution in [3.8, 4) is 0 Å². The van der Waals surface area contributed by atoms with Crippen LogP contribution in [0.15, 0.2) is 15.9 Å². The van der Waals surface area contributed by atoms with Crippen molar-refractivity contribution >= 4 is 27.3 Å². The Bertz CT molecular complexity index is 401. The summed E-state index contributed by atoms with van der Waals surface area (Å²) < 4.78 is 1.22. The average molecular weight is 345 g/mol. The molecule has 1 aliphatic rings. The third-order valence-corrected chi connectivity index (χ3v) is 6.29. The van der Waals surface area contributed by atoms with Crippen molar-refractivity contribution < 1.29 is 0 Å². The third kappa shape index (κ3) is 3.41. The molecular weight excluding hydrogens is 320 g/mol. The summed E-state index contributed by atoms with van der Waals surface area (Å²) in [4.78, 5) is 4.19. The number of rotatable bonds is 5. The van der Waals surface area contributed by atoms with Crippen molar-refractivity contribution in [3.05, 3.63) is 20.8 Å². The maximum atomic E-state index is 3.73. The standard InChI is InChI=1S/C15H25BrN2S/c1-4-13-8-18(9-14-7-12(16)10-19-14)15(5-2,6-3)11-17-13/h7,10,13,17H,4-6,8-9,11H2,1-3H3. The van der Waals surface area contributed by atoms with Crippen molar-refractivity contribution in [2.75, 3.05) is 13.1 Å². The predicted molar refractivity (Wildman–Crippen MR) is 87.8 cm³/mol. The van der Waals surface area contributed by atoms with Crippen LogP contribution < -0.4 is 5.32 Å². The molecule has 0 spiro atoms. The quantitative estimate of drug-likeness (QED) is 0.858. The van der Waals surface area contributed by atoms with Crippen LogP contribution >= 0.6 is 27.3 Å². The first kappa shape index (κ1) is 15.5. The summed E-state index contributed by atoms with van der Waals surface area (Å²) >= 11 is 5.43. The van der Waals surface area contributed by atoms with Gasteiger partial charge in [0.2, 0.25) is 0 Å². The minimum absolute atomic E-state index is 0.335. The van der Waals surface area contributed by atoms with Gasteiger partial charge in [0.15, 0.2) is 0 Å². The highest BCUT2D eigenvalue weighted by Crippen LogP contribution is 2.31. The molecule has 2 heterocycles. The molecule has 0 radical (unpaired) electrons. The molecule has 1 aromatic rings. The Labute approximate surface area is 129 Å². The van der Waals surface area contributed by atoms with E-state index in [2.05, 4.69) is 58.4 Å². The summed E-state index contributed by atoms with van der Waals surface area (Å²) in [7, 11) is 0. The number of hydrogen-bond acceptors (Lipinski definition) is 3. The molecule has 1 aliphatic heterocycles. The number of halogens is 1. The molecule has 2 rings (SSSR count). The van der Waals surface area contributed by atoms with Gasteiger partial charge in [-0.15, -0.1) is 11.3 Å². The van der Waals surface area contributed by atoms with Gasteiger partial charge in [-0.1, -0.05) is 20.8 Å². The second-order valence-electron chi connectivity index (χ2n) is 5.53. The largest absolute Gasteiger partial charge is 0.311 e. The molecule has 0 bridgehead atoms. The van der Waals surface area contributed by atoms with Gasteiger partial charge in [-0.3, -0.25) is 4.90 Å². The highest BCUT2D eigenvalue weighted by molar-refractivity contribution is 9.10. The summed E-state index contributed by atoms with van der Waals surface area (Å²) in [6, 6.07) is 2.92. The SMILES string of the molecule is CCC1CN(Cc2cc(Br)cs2)C(CC)(CC)CN1. The molecule has 0 aliphatic carbocycles. The monoisotopic (exact) mass is 344 g/mol. The van der Waals surface area contributed by atoms with Crippen LogP contribution in [0.4, 0.5) is 0 Å². The minimum Gasteiger partial charge on any atom is -0.311 e. The zero-order valence-corrected chi connectivity index (χ0v) is 14.6. The lowest BCUT2D eigenvalue weighted by molar-refractivity contribution is 0.0246. The third-order valence-electron chi connectivity index (χ3n) is 4.61. The zero-order chi connectivity index (χ0) is 13.9. The van der Waals surface area contributed by atoms with Gasteiger partial charge in [0.25, 0.3) is 0 Å². The van der Waals surface area contributed by atoms with Gasteiger partial charge < -0.3 is 5.32 Å².